The Morgan fingerprint density at radius 1 is 1.31 bits per heavy atom. The topological polar surface area (TPSA) is 97.7 Å². The van der Waals surface area contributed by atoms with E-state index in [2.05, 4.69) is 5.32 Å². The van der Waals surface area contributed by atoms with E-state index >= 15 is 0 Å². The minimum atomic E-state index is -3.88. The SMILES string of the molecule is CCOC(=O)c1cc(S(=O)(=O)N(C)CC(=O)NC2CCCCC2)cn1C. The van der Waals surface area contributed by atoms with Crippen LogP contribution in [0.25, 0.3) is 0 Å². The van der Waals surface area contributed by atoms with Crippen molar-refractivity contribution in [2.75, 3.05) is 20.2 Å². The van der Waals surface area contributed by atoms with E-state index in [0.717, 1.165) is 30.0 Å². The van der Waals surface area contributed by atoms with Crippen LogP contribution in [0, 0.1) is 0 Å². The number of carbonyl (C=O) groups is 2. The molecule has 0 atom stereocenters. The molecule has 0 spiro atoms. The predicted octanol–water partition coefficient (Wildman–Crippen LogP) is 1.27. The van der Waals surface area contributed by atoms with Gasteiger partial charge in [-0.15, -0.1) is 0 Å². The molecule has 1 heterocycles. The summed E-state index contributed by atoms with van der Waals surface area (Å²) in [6.45, 7) is 1.62. The highest BCUT2D eigenvalue weighted by Gasteiger charge is 2.27. The molecule has 1 saturated carbocycles. The molecule has 2 rings (SSSR count). The number of hydrogen-bond acceptors (Lipinski definition) is 5. The van der Waals surface area contributed by atoms with Crippen molar-refractivity contribution in [3.8, 4) is 0 Å². The molecule has 0 aliphatic heterocycles. The number of aryl methyl sites for hydroxylation is 1. The summed E-state index contributed by atoms with van der Waals surface area (Å²) in [6, 6.07) is 1.39. The molecule has 146 valence electrons. The van der Waals surface area contributed by atoms with E-state index in [1.165, 1.54) is 30.3 Å². The number of sulfonamides is 1. The summed E-state index contributed by atoms with van der Waals surface area (Å²) >= 11 is 0. The van der Waals surface area contributed by atoms with Crippen molar-refractivity contribution in [2.24, 2.45) is 7.05 Å². The van der Waals surface area contributed by atoms with Gasteiger partial charge in [0.15, 0.2) is 0 Å². The van der Waals surface area contributed by atoms with Crippen molar-refractivity contribution in [3.05, 3.63) is 18.0 Å². The van der Waals surface area contributed by atoms with Crippen LogP contribution < -0.4 is 5.32 Å². The second kappa shape index (κ2) is 8.68. The lowest BCUT2D eigenvalue weighted by Gasteiger charge is -2.24. The Morgan fingerprint density at radius 3 is 2.58 bits per heavy atom. The zero-order valence-electron chi connectivity index (χ0n) is 15.5. The van der Waals surface area contributed by atoms with Gasteiger partial charge in [-0.2, -0.15) is 4.31 Å². The van der Waals surface area contributed by atoms with Gasteiger partial charge in [0.1, 0.15) is 10.6 Å². The van der Waals surface area contributed by atoms with Crippen molar-refractivity contribution in [3.63, 3.8) is 0 Å². The van der Waals surface area contributed by atoms with Gasteiger partial charge in [0.05, 0.1) is 13.2 Å². The van der Waals surface area contributed by atoms with Gasteiger partial charge in [0.25, 0.3) is 0 Å². The Bertz CT molecular complexity index is 750. The van der Waals surface area contributed by atoms with E-state index in [0.29, 0.717) is 0 Å². The third-order valence-electron chi connectivity index (χ3n) is 4.51. The lowest BCUT2D eigenvalue weighted by atomic mass is 9.95. The fourth-order valence-corrected chi connectivity index (χ4v) is 4.27. The lowest BCUT2D eigenvalue weighted by Crippen LogP contribution is -2.43. The van der Waals surface area contributed by atoms with Gasteiger partial charge in [-0.25, -0.2) is 13.2 Å². The summed E-state index contributed by atoms with van der Waals surface area (Å²) in [5.74, 6) is -0.904. The molecule has 1 fully saturated rings. The zero-order valence-corrected chi connectivity index (χ0v) is 16.3. The molecule has 1 aliphatic carbocycles. The number of amides is 1. The number of carbonyl (C=O) groups excluding carboxylic acids is 2. The number of nitrogens with one attached hydrogen (secondary N) is 1. The number of rotatable bonds is 7. The van der Waals surface area contributed by atoms with E-state index in [-0.39, 0.29) is 35.7 Å². The third kappa shape index (κ3) is 4.85. The number of esters is 1. The van der Waals surface area contributed by atoms with Crippen LogP contribution in [0.3, 0.4) is 0 Å². The van der Waals surface area contributed by atoms with Crippen LogP contribution in [0.2, 0.25) is 0 Å². The number of aromatic nitrogens is 1. The highest BCUT2D eigenvalue weighted by atomic mass is 32.2. The molecule has 0 bridgehead atoms. The first-order valence-corrected chi connectivity index (χ1v) is 10.3. The van der Waals surface area contributed by atoms with E-state index in [1.807, 2.05) is 0 Å². The minimum Gasteiger partial charge on any atom is -0.461 e. The molecule has 0 aromatic carbocycles. The molecule has 26 heavy (non-hydrogen) atoms. The van der Waals surface area contributed by atoms with Crippen LogP contribution in [0.1, 0.15) is 49.5 Å². The second-order valence-electron chi connectivity index (χ2n) is 6.56. The van der Waals surface area contributed by atoms with Crippen LogP contribution in [-0.4, -0.2) is 55.4 Å². The highest BCUT2D eigenvalue weighted by molar-refractivity contribution is 7.89. The van der Waals surface area contributed by atoms with Crippen molar-refractivity contribution < 1.29 is 22.7 Å². The zero-order chi connectivity index (χ0) is 19.3. The Balaban J connectivity index is 2.05. The van der Waals surface area contributed by atoms with Gasteiger partial charge in [-0.1, -0.05) is 19.3 Å². The third-order valence-corrected chi connectivity index (χ3v) is 6.28. The first-order valence-electron chi connectivity index (χ1n) is 8.85. The van der Waals surface area contributed by atoms with E-state index in [9.17, 15) is 18.0 Å². The number of ether oxygens (including phenoxy) is 1. The Morgan fingerprint density at radius 2 is 1.96 bits per heavy atom. The number of nitrogens with zero attached hydrogens (tertiary/aromatic N) is 2. The van der Waals surface area contributed by atoms with E-state index in [1.54, 1.807) is 14.0 Å². The van der Waals surface area contributed by atoms with Gasteiger partial charge < -0.3 is 14.6 Å². The molecular formula is C17H27N3O5S. The largest absolute Gasteiger partial charge is 0.461 e. The second-order valence-corrected chi connectivity index (χ2v) is 8.60. The molecule has 1 aromatic heterocycles. The van der Waals surface area contributed by atoms with Gasteiger partial charge >= 0.3 is 5.97 Å². The highest BCUT2D eigenvalue weighted by Crippen LogP contribution is 2.19. The Kier molecular flexibility index (Phi) is 6.82. The molecule has 0 unspecified atom stereocenters. The van der Waals surface area contributed by atoms with Crippen LogP contribution in [-0.2, 0) is 26.6 Å². The average molecular weight is 385 g/mol. The summed E-state index contributed by atoms with van der Waals surface area (Å²) in [4.78, 5) is 24.0. The van der Waals surface area contributed by atoms with Gasteiger partial charge in [0, 0.05) is 26.3 Å². The van der Waals surface area contributed by atoms with Crippen molar-refractivity contribution >= 4 is 21.9 Å². The number of likely N-dealkylation sites (N-methyl/N-ethyl adjacent to an activating group) is 1. The first kappa shape index (κ1) is 20.4. The summed E-state index contributed by atoms with van der Waals surface area (Å²) in [5, 5.41) is 2.90. The maximum atomic E-state index is 12.7. The standard InChI is InChI=1S/C17H27N3O5S/c1-4-25-17(22)15-10-14(11-19(15)2)26(23,24)20(3)12-16(21)18-13-8-6-5-7-9-13/h10-11,13H,4-9,12H2,1-3H3,(H,18,21). The average Bonchev–Trinajstić information content (AvgIpc) is 2.98. The summed E-state index contributed by atoms with van der Waals surface area (Å²) in [5.41, 5.74) is 0.144. The molecule has 1 aromatic rings. The molecular weight excluding hydrogens is 358 g/mol. The molecule has 8 nitrogen and oxygen atoms in total. The maximum Gasteiger partial charge on any atom is 0.354 e. The quantitative estimate of drug-likeness (QED) is 0.713. The maximum absolute atomic E-state index is 12.7. The summed E-state index contributed by atoms with van der Waals surface area (Å²) in [7, 11) is -0.957. The van der Waals surface area contributed by atoms with Crippen LogP contribution in [0.15, 0.2) is 17.2 Å². The first-order chi connectivity index (χ1) is 12.3. The minimum absolute atomic E-state index is 0.0454. The van der Waals surface area contributed by atoms with Crippen molar-refractivity contribution in [1.29, 1.82) is 0 Å². The molecule has 0 radical (unpaired) electrons. The molecule has 1 N–H and O–H groups in total. The molecule has 9 heteroatoms. The Labute approximate surface area is 154 Å². The van der Waals surface area contributed by atoms with E-state index < -0.39 is 16.0 Å². The van der Waals surface area contributed by atoms with E-state index in [4.69, 9.17) is 4.74 Å². The van der Waals surface area contributed by atoms with Crippen LogP contribution in [0.5, 0.6) is 0 Å². The fourth-order valence-electron chi connectivity index (χ4n) is 3.07. The molecule has 0 saturated heterocycles. The van der Waals surface area contributed by atoms with Crippen molar-refractivity contribution in [1.82, 2.24) is 14.2 Å². The Hall–Kier alpha value is -1.87. The summed E-state index contributed by atoms with van der Waals surface area (Å²) in [6.07, 6.45) is 6.56. The smallest absolute Gasteiger partial charge is 0.354 e. The molecule has 1 amide bonds. The summed E-state index contributed by atoms with van der Waals surface area (Å²) < 4.78 is 32.7. The lowest BCUT2D eigenvalue weighted by molar-refractivity contribution is -0.122. The number of hydrogen-bond donors (Lipinski definition) is 1. The van der Waals surface area contributed by atoms with Crippen LogP contribution >= 0.6 is 0 Å². The van der Waals surface area contributed by atoms with Gasteiger partial charge in [-0.05, 0) is 25.8 Å². The predicted molar refractivity (Wildman–Crippen MR) is 96.2 cm³/mol. The van der Waals surface area contributed by atoms with Crippen molar-refractivity contribution in [2.45, 2.75) is 50.0 Å². The monoisotopic (exact) mass is 385 g/mol. The van der Waals surface area contributed by atoms with Crippen LogP contribution in [0.4, 0.5) is 0 Å². The van der Waals surface area contributed by atoms with Gasteiger partial charge in [-0.3, -0.25) is 4.79 Å². The molecule has 1 aliphatic rings. The fraction of sp³-hybridized carbons (Fsp3) is 0.647. The van der Waals surface area contributed by atoms with Gasteiger partial charge in [0.2, 0.25) is 15.9 Å². The normalized spacial score (nSPS) is 15.8.